The molecule has 0 fully saturated rings. The molecule has 2 aromatic heterocycles. The van der Waals surface area contributed by atoms with Crippen molar-refractivity contribution in [2.75, 3.05) is 7.11 Å². The van der Waals surface area contributed by atoms with E-state index in [0.717, 1.165) is 22.2 Å². The number of ether oxygens (including phenoxy) is 2. The number of aromatic nitrogens is 2. The number of para-hydroxylation sites is 2. The molecular weight excluding hydrogens is 422 g/mol. The normalized spacial score (nSPS) is 11.7. The van der Waals surface area contributed by atoms with Crippen LogP contribution in [-0.2, 0) is 6.61 Å². The Kier molecular flexibility index (Phi) is 5.06. The van der Waals surface area contributed by atoms with Gasteiger partial charge in [-0.3, -0.25) is 4.79 Å². The van der Waals surface area contributed by atoms with Crippen molar-refractivity contribution in [2.45, 2.75) is 6.61 Å². The van der Waals surface area contributed by atoms with Gasteiger partial charge in [-0.25, -0.2) is 9.38 Å². The number of fused-ring (bicyclic) bond motifs is 3. The summed E-state index contributed by atoms with van der Waals surface area (Å²) in [6.45, 7) is 0.253. The molecule has 0 N–H and O–H groups in total. The Bertz CT molecular complexity index is 1610. The monoisotopic (exact) mass is 439 g/mol. The van der Waals surface area contributed by atoms with Gasteiger partial charge in [0.2, 0.25) is 0 Å². The Morgan fingerprint density at radius 3 is 2.75 bits per heavy atom. The van der Waals surface area contributed by atoms with Crippen molar-refractivity contribution in [2.24, 2.45) is 0 Å². The number of nitriles is 1. The van der Waals surface area contributed by atoms with Crippen molar-refractivity contribution in [3.63, 3.8) is 0 Å². The predicted octanol–water partition coefficient (Wildman–Crippen LogP) is 3.92. The molecule has 5 rings (SSSR count). The van der Waals surface area contributed by atoms with Gasteiger partial charge in [0.1, 0.15) is 6.61 Å². The number of benzene rings is 3. The summed E-state index contributed by atoms with van der Waals surface area (Å²) in [6, 6.07) is 22.6. The van der Waals surface area contributed by atoms with Crippen molar-refractivity contribution in [3.8, 4) is 17.6 Å². The van der Waals surface area contributed by atoms with Gasteiger partial charge in [0.05, 0.1) is 34.3 Å². The van der Waals surface area contributed by atoms with E-state index >= 15 is 0 Å². The zero-order valence-electron chi connectivity index (χ0n) is 17.1. The van der Waals surface area contributed by atoms with Crippen LogP contribution in [0.3, 0.4) is 0 Å². The van der Waals surface area contributed by atoms with E-state index in [1.54, 1.807) is 23.6 Å². The SMILES string of the molecule is COc1cc(/C=c2\sc3nc4ccccc4n3c2=O)ccc1OCc1ccccc1C#N. The van der Waals surface area contributed by atoms with Crippen LogP contribution in [0.1, 0.15) is 16.7 Å². The molecule has 0 amide bonds. The van der Waals surface area contributed by atoms with Crippen LogP contribution >= 0.6 is 11.3 Å². The lowest BCUT2D eigenvalue weighted by Crippen LogP contribution is -2.22. The summed E-state index contributed by atoms with van der Waals surface area (Å²) in [7, 11) is 1.57. The average molecular weight is 439 g/mol. The molecule has 32 heavy (non-hydrogen) atoms. The fourth-order valence-electron chi connectivity index (χ4n) is 3.57. The second kappa shape index (κ2) is 8.17. The minimum Gasteiger partial charge on any atom is -0.493 e. The van der Waals surface area contributed by atoms with Crippen molar-refractivity contribution < 1.29 is 9.47 Å². The molecule has 0 aliphatic rings. The van der Waals surface area contributed by atoms with E-state index in [1.807, 2.05) is 60.7 Å². The van der Waals surface area contributed by atoms with Gasteiger partial charge in [0.25, 0.3) is 5.56 Å². The van der Waals surface area contributed by atoms with Gasteiger partial charge in [-0.05, 0) is 42.0 Å². The molecule has 0 radical (unpaired) electrons. The van der Waals surface area contributed by atoms with Crippen LogP contribution < -0.4 is 19.6 Å². The fourth-order valence-corrected chi connectivity index (χ4v) is 4.55. The molecule has 0 aliphatic heterocycles. The number of imidazole rings is 1. The third kappa shape index (κ3) is 3.47. The van der Waals surface area contributed by atoms with Crippen LogP contribution in [0.2, 0.25) is 0 Å². The molecule has 0 saturated heterocycles. The van der Waals surface area contributed by atoms with Gasteiger partial charge in [0.15, 0.2) is 16.5 Å². The summed E-state index contributed by atoms with van der Waals surface area (Å²) >= 11 is 1.35. The van der Waals surface area contributed by atoms with Gasteiger partial charge >= 0.3 is 0 Å². The summed E-state index contributed by atoms with van der Waals surface area (Å²) in [4.78, 5) is 18.2. The molecule has 7 heteroatoms. The Morgan fingerprint density at radius 1 is 1.09 bits per heavy atom. The third-order valence-electron chi connectivity index (χ3n) is 5.15. The second-order valence-corrected chi connectivity index (χ2v) is 8.11. The third-order valence-corrected chi connectivity index (χ3v) is 6.12. The molecule has 6 nitrogen and oxygen atoms in total. The smallest absolute Gasteiger partial charge is 0.274 e. The van der Waals surface area contributed by atoms with E-state index in [9.17, 15) is 10.1 Å². The highest BCUT2D eigenvalue weighted by Gasteiger charge is 2.11. The number of thiazole rings is 1. The van der Waals surface area contributed by atoms with Gasteiger partial charge in [-0.15, -0.1) is 0 Å². The molecule has 156 valence electrons. The predicted molar refractivity (Wildman–Crippen MR) is 124 cm³/mol. The van der Waals surface area contributed by atoms with Gasteiger partial charge < -0.3 is 9.47 Å². The highest BCUT2D eigenvalue weighted by molar-refractivity contribution is 7.15. The standard InChI is InChI=1S/C25H17N3O3S/c1-30-22-12-16(10-11-21(22)31-15-18-7-3-2-6-17(18)14-26)13-23-24(29)28-20-9-5-4-8-19(20)27-25(28)32-23/h2-13H,15H2,1H3/b23-13-. The van der Waals surface area contributed by atoms with Crippen LogP contribution in [0, 0.1) is 11.3 Å². The van der Waals surface area contributed by atoms with Gasteiger partial charge in [0, 0.05) is 5.56 Å². The van der Waals surface area contributed by atoms with Gasteiger partial charge in [-0.2, -0.15) is 5.26 Å². The average Bonchev–Trinajstić information content (AvgIpc) is 3.34. The van der Waals surface area contributed by atoms with Crippen LogP contribution in [0.25, 0.3) is 22.1 Å². The maximum atomic E-state index is 13.0. The molecule has 2 heterocycles. The lowest BCUT2D eigenvalue weighted by molar-refractivity contribution is 0.284. The van der Waals surface area contributed by atoms with Crippen molar-refractivity contribution in [1.29, 1.82) is 5.26 Å². The minimum absolute atomic E-state index is 0.0916. The van der Waals surface area contributed by atoms with Gasteiger partial charge in [-0.1, -0.05) is 47.7 Å². The zero-order valence-corrected chi connectivity index (χ0v) is 17.9. The number of methoxy groups -OCH3 is 1. The summed E-state index contributed by atoms with van der Waals surface area (Å²) in [6.07, 6.45) is 1.83. The van der Waals surface area contributed by atoms with Crippen LogP contribution in [0.4, 0.5) is 0 Å². The van der Waals surface area contributed by atoms with E-state index in [1.165, 1.54) is 11.3 Å². The summed E-state index contributed by atoms with van der Waals surface area (Å²) in [5.41, 5.74) is 3.72. The first-order chi connectivity index (χ1) is 15.7. The molecule has 0 atom stereocenters. The molecule has 0 spiro atoms. The van der Waals surface area contributed by atoms with Crippen molar-refractivity contribution >= 4 is 33.4 Å². The van der Waals surface area contributed by atoms with Crippen LogP contribution in [-0.4, -0.2) is 16.5 Å². The van der Waals surface area contributed by atoms with E-state index in [0.29, 0.717) is 26.6 Å². The number of rotatable bonds is 5. The van der Waals surface area contributed by atoms with E-state index in [-0.39, 0.29) is 12.2 Å². The molecule has 3 aromatic carbocycles. The first kappa shape index (κ1) is 19.8. The quantitative estimate of drug-likeness (QED) is 0.415. The highest BCUT2D eigenvalue weighted by Crippen LogP contribution is 2.29. The Labute approximate surface area is 187 Å². The molecule has 0 bridgehead atoms. The van der Waals surface area contributed by atoms with E-state index in [2.05, 4.69) is 11.1 Å². The number of hydrogen-bond donors (Lipinski definition) is 0. The first-order valence-electron chi connectivity index (χ1n) is 9.88. The molecule has 0 unspecified atom stereocenters. The number of hydrogen-bond acceptors (Lipinski definition) is 6. The maximum Gasteiger partial charge on any atom is 0.274 e. The fraction of sp³-hybridized carbons (Fsp3) is 0.0800. The topological polar surface area (TPSA) is 76.6 Å². The second-order valence-electron chi connectivity index (χ2n) is 7.10. The first-order valence-corrected chi connectivity index (χ1v) is 10.7. The molecule has 0 saturated carbocycles. The lowest BCUT2D eigenvalue weighted by Gasteiger charge is -2.12. The van der Waals surface area contributed by atoms with Crippen molar-refractivity contribution in [1.82, 2.24) is 9.38 Å². The van der Waals surface area contributed by atoms with Crippen molar-refractivity contribution in [3.05, 3.63) is 98.3 Å². The number of nitrogens with zero attached hydrogens (tertiary/aromatic N) is 3. The molecular formula is C25H17N3O3S. The van der Waals surface area contributed by atoms with Crippen LogP contribution in [0.5, 0.6) is 11.5 Å². The summed E-state index contributed by atoms with van der Waals surface area (Å²) in [5.74, 6) is 1.11. The molecule has 5 aromatic rings. The summed E-state index contributed by atoms with van der Waals surface area (Å²) < 4.78 is 13.6. The van der Waals surface area contributed by atoms with E-state index < -0.39 is 0 Å². The molecule has 0 aliphatic carbocycles. The Balaban J connectivity index is 1.48. The van der Waals surface area contributed by atoms with Crippen LogP contribution in [0.15, 0.2) is 71.5 Å². The largest absolute Gasteiger partial charge is 0.493 e. The minimum atomic E-state index is -0.0916. The zero-order chi connectivity index (χ0) is 22.1. The Hall–Kier alpha value is -4.15. The summed E-state index contributed by atoms with van der Waals surface area (Å²) in [5, 5.41) is 9.25. The lowest BCUT2D eigenvalue weighted by atomic mass is 10.1. The highest BCUT2D eigenvalue weighted by atomic mass is 32.1. The van der Waals surface area contributed by atoms with E-state index in [4.69, 9.17) is 9.47 Å². The maximum absolute atomic E-state index is 13.0. The Morgan fingerprint density at radius 2 is 1.91 bits per heavy atom.